The van der Waals surface area contributed by atoms with Gasteiger partial charge in [-0.15, -0.1) is 0 Å². The van der Waals surface area contributed by atoms with E-state index in [1.807, 2.05) is 19.1 Å². The van der Waals surface area contributed by atoms with Crippen molar-refractivity contribution >= 4 is 26.0 Å². The van der Waals surface area contributed by atoms with E-state index >= 15 is 0 Å². The van der Waals surface area contributed by atoms with Crippen LogP contribution in [0.5, 0.6) is 0 Å². The summed E-state index contributed by atoms with van der Waals surface area (Å²) in [5.74, 6) is 1.31. The van der Waals surface area contributed by atoms with Crippen molar-refractivity contribution in [3.63, 3.8) is 0 Å². The molecule has 1 aromatic rings. The molecule has 5 heteroatoms. The van der Waals surface area contributed by atoms with E-state index in [-0.39, 0.29) is 0 Å². The van der Waals surface area contributed by atoms with E-state index in [4.69, 9.17) is 0 Å². The van der Waals surface area contributed by atoms with Gasteiger partial charge in [-0.3, -0.25) is 0 Å². The molecular formula is C16H22BrNO2S. The van der Waals surface area contributed by atoms with Gasteiger partial charge in [-0.2, -0.15) is 4.31 Å². The van der Waals surface area contributed by atoms with Crippen molar-refractivity contribution in [2.75, 3.05) is 13.1 Å². The van der Waals surface area contributed by atoms with E-state index in [1.54, 1.807) is 10.4 Å². The monoisotopic (exact) mass is 371 g/mol. The Bertz CT molecular complexity index is 629. The van der Waals surface area contributed by atoms with Crippen LogP contribution in [0.4, 0.5) is 0 Å². The van der Waals surface area contributed by atoms with E-state index in [9.17, 15) is 8.42 Å². The normalized spacial score (nSPS) is 27.3. The lowest BCUT2D eigenvalue weighted by Gasteiger charge is -2.40. The zero-order valence-corrected chi connectivity index (χ0v) is 14.8. The molecular weight excluding hydrogens is 350 g/mol. The zero-order chi connectivity index (χ0) is 15.0. The van der Waals surface area contributed by atoms with Gasteiger partial charge in [-0.05, 0) is 49.3 Å². The molecule has 2 unspecified atom stereocenters. The molecule has 2 aliphatic rings. The highest BCUT2D eigenvalue weighted by atomic mass is 79.9. The van der Waals surface area contributed by atoms with Crippen LogP contribution in [0.3, 0.4) is 0 Å². The molecule has 1 aliphatic heterocycles. The Morgan fingerprint density at radius 3 is 2.62 bits per heavy atom. The summed E-state index contributed by atoms with van der Waals surface area (Å²) in [7, 11) is -3.36. The van der Waals surface area contributed by atoms with Crippen molar-refractivity contribution in [2.24, 2.45) is 11.8 Å². The molecule has 1 saturated carbocycles. The number of benzene rings is 1. The van der Waals surface area contributed by atoms with Crippen LogP contribution in [-0.2, 0) is 10.0 Å². The van der Waals surface area contributed by atoms with Crippen molar-refractivity contribution in [1.29, 1.82) is 0 Å². The number of aryl methyl sites for hydroxylation is 1. The Labute approximate surface area is 135 Å². The molecule has 3 nitrogen and oxygen atoms in total. The van der Waals surface area contributed by atoms with Crippen LogP contribution in [-0.4, -0.2) is 25.8 Å². The molecule has 0 bridgehead atoms. The van der Waals surface area contributed by atoms with Crippen LogP contribution in [0.1, 0.15) is 37.7 Å². The highest BCUT2D eigenvalue weighted by molar-refractivity contribution is 9.10. The maximum atomic E-state index is 12.9. The number of nitrogens with zero attached hydrogens (tertiary/aromatic N) is 1. The minimum atomic E-state index is -3.36. The van der Waals surface area contributed by atoms with Gasteiger partial charge in [0.2, 0.25) is 10.0 Å². The first-order chi connectivity index (χ1) is 9.98. The van der Waals surface area contributed by atoms with Crippen molar-refractivity contribution in [1.82, 2.24) is 4.31 Å². The SMILES string of the molecule is Cc1ccc(Br)cc1S(=O)(=O)N1CCC2CCCCC2C1. The third-order valence-corrected chi connectivity index (χ3v) is 7.52. The molecule has 1 aromatic carbocycles. The average Bonchev–Trinajstić information content (AvgIpc) is 2.49. The van der Waals surface area contributed by atoms with Crippen molar-refractivity contribution in [3.8, 4) is 0 Å². The first-order valence-corrected chi connectivity index (χ1v) is 9.98. The molecule has 1 saturated heterocycles. The lowest BCUT2D eigenvalue weighted by atomic mass is 9.76. The van der Waals surface area contributed by atoms with Crippen molar-refractivity contribution in [2.45, 2.75) is 43.9 Å². The van der Waals surface area contributed by atoms with Crippen LogP contribution in [0, 0.1) is 18.8 Å². The fourth-order valence-corrected chi connectivity index (χ4v) is 6.05. The van der Waals surface area contributed by atoms with Crippen LogP contribution in [0.15, 0.2) is 27.6 Å². The summed E-state index contributed by atoms with van der Waals surface area (Å²) in [4.78, 5) is 0.450. The number of fused-ring (bicyclic) bond motifs is 1. The molecule has 21 heavy (non-hydrogen) atoms. The molecule has 2 atom stereocenters. The van der Waals surface area contributed by atoms with Crippen LogP contribution < -0.4 is 0 Å². The maximum absolute atomic E-state index is 12.9. The lowest BCUT2D eigenvalue weighted by Crippen LogP contribution is -2.44. The minimum absolute atomic E-state index is 0.450. The fourth-order valence-electron chi connectivity index (χ4n) is 3.78. The van der Waals surface area contributed by atoms with E-state index in [1.165, 1.54) is 25.7 Å². The zero-order valence-electron chi connectivity index (χ0n) is 12.4. The number of hydrogen-bond acceptors (Lipinski definition) is 2. The Morgan fingerprint density at radius 1 is 1.14 bits per heavy atom. The van der Waals surface area contributed by atoms with Gasteiger partial charge in [-0.1, -0.05) is 41.3 Å². The Morgan fingerprint density at radius 2 is 1.86 bits per heavy atom. The van der Waals surface area contributed by atoms with Gasteiger partial charge >= 0.3 is 0 Å². The number of rotatable bonds is 2. The largest absolute Gasteiger partial charge is 0.243 e. The molecule has 0 aromatic heterocycles. The van der Waals surface area contributed by atoms with Gasteiger partial charge in [0.05, 0.1) is 4.90 Å². The highest BCUT2D eigenvalue weighted by Crippen LogP contribution is 2.38. The first kappa shape index (κ1) is 15.5. The van der Waals surface area contributed by atoms with Crippen LogP contribution in [0.2, 0.25) is 0 Å². The molecule has 0 spiro atoms. The Hall–Kier alpha value is -0.390. The average molecular weight is 372 g/mol. The van der Waals surface area contributed by atoms with Gasteiger partial charge in [-0.25, -0.2) is 8.42 Å². The predicted octanol–water partition coefficient (Wildman–Crippen LogP) is 3.96. The van der Waals surface area contributed by atoms with Crippen LogP contribution in [0.25, 0.3) is 0 Å². The van der Waals surface area contributed by atoms with E-state index in [0.717, 1.165) is 22.4 Å². The van der Waals surface area contributed by atoms with E-state index < -0.39 is 10.0 Å². The summed E-state index contributed by atoms with van der Waals surface area (Å²) in [6.07, 6.45) is 6.07. The van der Waals surface area contributed by atoms with Gasteiger partial charge in [0.15, 0.2) is 0 Å². The first-order valence-electron chi connectivity index (χ1n) is 7.75. The predicted molar refractivity (Wildman–Crippen MR) is 87.7 cm³/mol. The summed E-state index contributed by atoms with van der Waals surface area (Å²) in [5.41, 5.74) is 0.823. The van der Waals surface area contributed by atoms with E-state index in [2.05, 4.69) is 15.9 Å². The molecule has 116 valence electrons. The number of halogens is 1. The van der Waals surface area contributed by atoms with Gasteiger partial charge in [0.25, 0.3) is 0 Å². The molecule has 0 N–H and O–H groups in total. The van der Waals surface area contributed by atoms with Crippen LogP contribution >= 0.6 is 15.9 Å². The minimum Gasteiger partial charge on any atom is -0.207 e. The molecule has 0 amide bonds. The maximum Gasteiger partial charge on any atom is 0.243 e. The van der Waals surface area contributed by atoms with Gasteiger partial charge in [0.1, 0.15) is 0 Å². The summed E-state index contributed by atoms with van der Waals surface area (Å²) in [5, 5.41) is 0. The second-order valence-corrected chi connectivity index (χ2v) is 9.19. The van der Waals surface area contributed by atoms with Gasteiger partial charge in [0, 0.05) is 17.6 Å². The lowest BCUT2D eigenvalue weighted by molar-refractivity contribution is 0.136. The molecule has 1 heterocycles. The van der Waals surface area contributed by atoms with E-state index in [0.29, 0.717) is 23.9 Å². The summed E-state index contributed by atoms with van der Waals surface area (Å²) >= 11 is 3.39. The quantitative estimate of drug-likeness (QED) is 0.788. The number of sulfonamides is 1. The molecule has 0 radical (unpaired) electrons. The van der Waals surface area contributed by atoms with Crippen molar-refractivity contribution in [3.05, 3.63) is 28.2 Å². The molecule has 2 fully saturated rings. The summed E-state index contributed by atoms with van der Waals surface area (Å²) in [6.45, 7) is 3.25. The molecule has 1 aliphatic carbocycles. The Kier molecular flexibility index (Phi) is 4.44. The fraction of sp³-hybridized carbons (Fsp3) is 0.625. The second-order valence-electron chi connectivity index (χ2n) is 6.37. The topological polar surface area (TPSA) is 37.4 Å². The summed E-state index contributed by atoms with van der Waals surface area (Å²) < 4.78 is 28.4. The highest BCUT2D eigenvalue weighted by Gasteiger charge is 2.36. The molecule has 3 rings (SSSR count). The smallest absolute Gasteiger partial charge is 0.207 e. The Balaban J connectivity index is 1.86. The number of hydrogen-bond donors (Lipinski definition) is 0. The van der Waals surface area contributed by atoms with Gasteiger partial charge < -0.3 is 0 Å². The third-order valence-electron chi connectivity index (χ3n) is 5.02. The van der Waals surface area contributed by atoms with Crippen molar-refractivity contribution < 1.29 is 8.42 Å². The summed E-state index contributed by atoms with van der Waals surface area (Å²) in [6, 6.07) is 5.49. The standard InChI is InChI=1S/C16H22BrNO2S/c1-12-6-7-15(17)10-16(12)21(19,20)18-9-8-13-4-2-3-5-14(13)11-18/h6-7,10,13-14H,2-5,8-9,11H2,1H3. The number of piperidine rings is 1. The second kappa shape index (κ2) is 6.01. The third kappa shape index (κ3) is 3.06.